The first-order valence-electron chi connectivity index (χ1n) is 6.84. The molecule has 0 radical (unpaired) electrons. The summed E-state index contributed by atoms with van der Waals surface area (Å²) in [6.07, 6.45) is 0. The lowest BCUT2D eigenvalue weighted by Crippen LogP contribution is -2.21. The lowest BCUT2D eigenvalue weighted by Gasteiger charge is -2.09. The minimum absolute atomic E-state index is 0.133. The summed E-state index contributed by atoms with van der Waals surface area (Å²) in [5.74, 6) is -1.19. The van der Waals surface area contributed by atoms with Crippen molar-refractivity contribution in [1.82, 2.24) is 0 Å². The second-order valence-corrected chi connectivity index (χ2v) is 6.13. The van der Waals surface area contributed by atoms with Crippen LogP contribution in [0, 0.1) is 20.6 Å². The highest BCUT2D eigenvalue weighted by molar-refractivity contribution is 14.1. The third-order valence-electron chi connectivity index (χ3n) is 3.12. The van der Waals surface area contributed by atoms with Gasteiger partial charge in [0, 0.05) is 15.7 Å². The maximum Gasteiger partial charge on any atom is 0.338 e. The van der Waals surface area contributed by atoms with Crippen molar-refractivity contribution in [3.8, 4) is 0 Å². The lowest BCUT2D eigenvalue weighted by atomic mass is 10.2. The van der Waals surface area contributed by atoms with E-state index in [2.05, 4.69) is 27.9 Å². The maximum absolute atomic E-state index is 11.9. The molecule has 7 nitrogen and oxygen atoms in total. The third-order valence-corrected chi connectivity index (χ3v) is 3.84. The second-order valence-electron chi connectivity index (χ2n) is 4.89. The largest absolute Gasteiger partial charge is 0.452 e. The minimum Gasteiger partial charge on any atom is -0.452 e. The fourth-order valence-corrected chi connectivity index (χ4v) is 2.20. The van der Waals surface area contributed by atoms with Crippen LogP contribution in [-0.4, -0.2) is 23.4 Å². The van der Waals surface area contributed by atoms with E-state index in [1.54, 1.807) is 31.2 Å². The number of ether oxygens (including phenoxy) is 1. The van der Waals surface area contributed by atoms with Gasteiger partial charge in [-0.1, -0.05) is 6.07 Å². The van der Waals surface area contributed by atoms with Crippen molar-refractivity contribution in [3.63, 3.8) is 0 Å². The number of anilines is 1. The molecule has 0 unspecified atom stereocenters. The summed E-state index contributed by atoms with van der Waals surface area (Å²) in [4.78, 5) is 33.9. The Labute approximate surface area is 151 Å². The lowest BCUT2D eigenvalue weighted by molar-refractivity contribution is -0.384. The fraction of sp³-hybridized carbons (Fsp3) is 0.125. The predicted molar refractivity (Wildman–Crippen MR) is 95.9 cm³/mol. The number of benzene rings is 2. The van der Waals surface area contributed by atoms with Crippen molar-refractivity contribution in [2.75, 3.05) is 11.9 Å². The van der Waals surface area contributed by atoms with Gasteiger partial charge in [0.15, 0.2) is 6.61 Å². The van der Waals surface area contributed by atoms with Crippen LogP contribution in [0.4, 0.5) is 11.4 Å². The average molecular weight is 440 g/mol. The molecule has 2 rings (SSSR count). The summed E-state index contributed by atoms with van der Waals surface area (Å²) in [6, 6.07) is 10.9. The van der Waals surface area contributed by atoms with Crippen LogP contribution >= 0.6 is 22.6 Å². The highest BCUT2D eigenvalue weighted by Crippen LogP contribution is 2.21. The Hall–Kier alpha value is -2.49. The molecule has 0 atom stereocenters. The van der Waals surface area contributed by atoms with Crippen molar-refractivity contribution < 1.29 is 19.2 Å². The molecule has 1 amide bonds. The third kappa shape index (κ3) is 4.75. The normalized spacial score (nSPS) is 10.1. The number of non-ortho nitro benzene ring substituents is 1. The molecule has 2 aromatic rings. The summed E-state index contributed by atoms with van der Waals surface area (Å²) in [6.45, 7) is 1.23. The van der Waals surface area contributed by atoms with Gasteiger partial charge in [0.2, 0.25) is 0 Å². The standard InChI is InChI=1S/C16H13IN2O5/c1-10-2-7-13(19(22)23)8-14(10)18-15(20)9-24-16(21)11-3-5-12(17)6-4-11/h2-8H,9H2,1H3,(H,18,20). The summed E-state index contributed by atoms with van der Waals surface area (Å²) in [5.41, 5.74) is 1.18. The van der Waals surface area contributed by atoms with Gasteiger partial charge in [-0.25, -0.2) is 4.79 Å². The van der Waals surface area contributed by atoms with Gasteiger partial charge in [0.25, 0.3) is 11.6 Å². The van der Waals surface area contributed by atoms with Crippen LogP contribution in [0.3, 0.4) is 0 Å². The number of esters is 1. The monoisotopic (exact) mass is 440 g/mol. The van der Waals surface area contributed by atoms with Crippen LogP contribution in [0.15, 0.2) is 42.5 Å². The van der Waals surface area contributed by atoms with Gasteiger partial charge < -0.3 is 10.1 Å². The maximum atomic E-state index is 11.9. The number of hydrogen-bond donors (Lipinski definition) is 1. The molecule has 0 bridgehead atoms. The molecule has 8 heteroatoms. The summed E-state index contributed by atoms with van der Waals surface area (Å²) in [5, 5.41) is 13.3. The molecule has 0 heterocycles. The predicted octanol–water partition coefficient (Wildman–Crippen LogP) is 3.30. The first-order chi connectivity index (χ1) is 11.4. The Kier molecular flexibility index (Phi) is 5.85. The highest BCUT2D eigenvalue weighted by Gasteiger charge is 2.13. The van der Waals surface area contributed by atoms with Crippen molar-refractivity contribution >= 4 is 45.8 Å². The van der Waals surface area contributed by atoms with Crippen LogP contribution < -0.4 is 5.32 Å². The zero-order valence-corrected chi connectivity index (χ0v) is 14.8. The van der Waals surface area contributed by atoms with E-state index in [1.165, 1.54) is 18.2 Å². The minimum atomic E-state index is -0.614. The van der Waals surface area contributed by atoms with E-state index in [9.17, 15) is 19.7 Å². The van der Waals surface area contributed by atoms with Crippen molar-refractivity contribution in [3.05, 3.63) is 67.3 Å². The van der Waals surface area contributed by atoms with E-state index in [4.69, 9.17) is 4.74 Å². The van der Waals surface area contributed by atoms with Gasteiger partial charge in [-0.15, -0.1) is 0 Å². The van der Waals surface area contributed by atoms with Gasteiger partial charge in [-0.3, -0.25) is 14.9 Å². The van der Waals surface area contributed by atoms with Gasteiger partial charge in [-0.2, -0.15) is 0 Å². The smallest absolute Gasteiger partial charge is 0.338 e. The second kappa shape index (κ2) is 7.86. The van der Waals surface area contributed by atoms with Crippen LogP contribution in [0.25, 0.3) is 0 Å². The number of carbonyl (C=O) groups is 2. The van der Waals surface area contributed by atoms with E-state index >= 15 is 0 Å². The molecule has 24 heavy (non-hydrogen) atoms. The number of amides is 1. The molecule has 1 N–H and O–H groups in total. The molecule has 0 fully saturated rings. The Morgan fingerprint density at radius 3 is 2.50 bits per heavy atom. The number of nitrogens with one attached hydrogen (secondary N) is 1. The van der Waals surface area contributed by atoms with Crippen molar-refractivity contribution in [2.24, 2.45) is 0 Å². The molecule has 0 saturated carbocycles. The molecular formula is C16H13IN2O5. The number of hydrogen-bond acceptors (Lipinski definition) is 5. The van der Waals surface area contributed by atoms with E-state index < -0.39 is 23.4 Å². The molecule has 0 aliphatic carbocycles. The summed E-state index contributed by atoms with van der Waals surface area (Å²) >= 11 is 2.11. The van der Waals surface area contributed by atoms with E-state index in [0.717, 1.165) is 3.57 Å². The molecule has 2 aromatic carbocycles. The van der Waals surface area contributed by atoms with E-state index in [-0.39, 0.29) is 5.69 Å². The quantitative estimate of drug-likeness (QED) is 0.333. The Bertz CT molecular complexity index is 790. The van der Waals surface area contributed by atoms with Crippen LogP contribution in [0.1, 0.15) is 15.9 Å². The molecule has 0 spiro atoms. The number of halogens is 1. The molecule has 0 saturated heterocycles. The zero-order chi connectivity index (χ0) is 17.7. The van der Waals surface area contributed by atoms with Crippen molar-refractivity contribution in [1.29, 1.82) is 0 Å². The summed E-state index contributed by atoms with van der Waals surface area (Å²) < 4.78 is 5.91. The van der Waals surface area contributed by atoms with Crippen LogP contribution in [0.5, 0.6) is 0 Å². The SMILES string of the molecule is Cc1ccc([N+](=O)[O-])cc1NC(=O)COC(=O)c1ccc(I)cc1. The van der Waals surface area contributed by atoms with Gasteiger partial charge >= 0.3 is 5.97 Å². The molecule has 0 aromatic heterocycles. The Morgan fingerprint density at radius 2 is 1.88 bits per heavy atom. The Balaban J connectivity index is 1.96. The average Bonchev–Trinajstić information content (AvgIpc) is 2.55. The van der Waals surface area contributed by atoms with E-state index in [1.807, 2.05) is 0 Å². The van der Waals surface area contributed by atoms with E-state index in [0.29, 0.717) is 16.8 Å². The first kappa shape index (κ1) is 17.9. The number of nitro groups is 1. The highest BCUT2D eigenvalue weighted by atomic mass is 127. The number of carbonyl (C=O) groups excluding carboxylic acids is 2. The molecule has 124 valence electrons. The van der Waals surface area contributed by atoms with Crippen LogP contribution in [0.2, 0.25) is 0 Å². The number of aryl methyl sites for hydroxylation is 1. The number of nitrogens with zero attached hydrogens (tertiary/aromatic N) is 1. The van der Waals surface area contributed by atoms with Crippen molar-refractivity contribution in [2.45, 2.75) is 6.92 Å². The topological polar surface area (TPSA) is 98.5 Å². The number of nitro benzene ring substituents is 1. The molecular weight excluding hydrogens is 427 g/mol. The summed E-state index contributed by atoms with van der Waals surface area (Å²) in [7, 11) is 0. The van der Waals surface area contributed by atoms with Gasteiger partial charge in [0.05, 0.1) is 16.2 Å². The Morgan fingerprint density at radius 1 is 1.21 bits per heavy atom. The molecule has 0 aliphatic heterocycles. The number of rotatable bonds is 5. The fourth-order valence-electron chi connectivity index (χ4n) is 1.84. The van der Waals surface area contributed by atoms with Gasteiger partial charge in [-0.05, 0) is 59.3 Å². The first-order valence-corrected chi connectivity index (χ1v) is 7.92. The van der Waals surface area contributed by atoms with Gasteiger partial charge in [0.1, 0.15) is 0 Å². The van der Waals surface area contributed by atoms with Crippen LogP contribution in [-0.2, 0) is 9.53 Å². The zero-order valence-electron chi connectivity index (χ0n) is 12.6. The molecule has 0 aliphatic rings.